The zero-order chi connectivity index (χ0) is 30.1. The maximum absolute atomic E-state index is 14.1. The third-order valence-corrected chi connectivity index (χ3v) is 10.8. The van der Waals surface area contributed by atoms with Crippen molar-refractivity contribution in [3.8, 4) is 11.5 Å². The number of hydrogen-bond acceptors (Lipinski definition) is 4. The maximum atomic E-state index is 14.1. The molecule has 1 saturated heterocycles. The summed E-state index contributed by atoms with van der Waals surface area (Å²) in [4.78, 5) is 30.6. The van der Waals surface area contributed by atoms with Crippen molar-refractivity contribution in [2.24, 2.45) is 23.2 Å². The highest BCUT2D eigenvalue weighted by molar-refractivity contribution is 5.91. The van der Waals surface area contributed by atoms with Gasteiger partial charge in [0.1, 0.15) is 17.1 Å². The Labute approximate surface area is 255 Å². The van der Waals surface area contributed by atoms with Crippen LogP contribution in [0.1, 0.15) is 68.8 Å². The van der Waals surface area contributed by atoms with Gasteiger partial charge in [-0.1, -0.05) is 69.3 Å². The lowest BCUT2D eigenvalue weighted by molar-refractivity contribution is -0.164. The van der Waals surface area contributed by atoms with Gasteiger partial charge in [0.25, 0.3) is 0 Å². The smallest absolute Gasteiger partial charge is 0.339 e. The molecule has 1 aliphatic heterocycles. The van der Waals surface area contributed by atoms with Gasteiger partial charge in [0.2, 0.25) is 5.91 Å². The Morgan fingerprint density at radius 1 is 0.953 bits per heavy atom. The third-order valence-electron chi connectivity index (χ3n) is 10.8. The first-order chi connectivity index (χ1) is 20.7. The molecule has 0 spiro atoms. The topological polar surface area (TPSA) is 70.1 Å². The fourth-order valence-corrected chi connectivity index (χ4v) is 8.16. The number of benzene rings is 3. The molecule has 0 unspecified atom stereocenters. The fourth-order valence-electron chi connectivity index (χ4n) is 8.16. The predicted octanol–water partition coefficient (Wildman–Crippen LogP) is 7.68. The first kappa shape index (κ1) is 29.3. The van der Waals surface area contributed by atoms with E-state index in [2.05, 4.69) is 42.7 Å². The van der Waals surface area contributed by atoms with Crippen molar-refractivity contribution in [1.82, 2.24) is 4.90 Å². The number of aromatic carboxylic acids is 1. The number of fused-ring (bicyclic) bond motifs is 2. The molecule has 0 aromatic heterocycles. The SMILES string of the molecule is C[C@@H]1[C@@H](N(C(=O)CCc2ccccc2)C2CCN(c3ccc(C(=O)O)c(Oc4ccccc4)c3)CC2)C[C@H]2C[C@@H]1C2(C)C. The van der Waals surface area contributed by atoms with Crippen LogP contribution in [0.15, 0.2) is 78.9 Å². The van der Waals surface area contributed by atoms with Crippen molar-refractivity contribution >= 4 is 17.6 Å². The van der Waals surface area contributed by atoms with Crippen molar-refractivity contribution in [3.63, 3.8) is 0 Å². The summed E-state index contributed by atoms with van der Waals surface area (Å²) in [7, 11) is 0. The molecule has 4 aliphatic rings. The van der Waals surface area contributed by atoms with E-state index in [0.717, 1.165) is 44.5 Å². The number of carbonyl (C=O) groups is 2. The number of aryl methyl sites for hydroxylation is 1. The Kier molecular flexibility index (Phi) is 8.21. The standard InChI is InChI=1S/C37H44N2O4/c1-25-32-22-27(37(32,2)3)23-33(25)39(35(40)17-14-26-10-6-4-7-11-26)28-18-20-38(21-19-28)29-15-16-31(36(41)42)34(24-29)43-30-12-8-5-9-13-30/h4-13,15-16,24-25,27-28,32-33H,14,17-23H2,1-3H3,(H,41,42)/t25-,27+,32-,33-/m0/s1. The van der Waals surface area contributed by atoms with Gasteiger partial charge < -0.3 is 19.6 Å². The van der Waals surface area contributed by atoms with Crippen molar-refractivity contribution in [3.05, 3.63) is 90.0 Å². The van der Waals surface area contributed by atoms with E-state index in [1.807, 2.05) is 60.7 Å². The molecule has 0 radical (unpaired) electrons. The lowest BCUT2D eigenvalue weighted by atomic mass is 9.44. The van der Waals surface area contributed by atoms with E-state index in [1.165, 1.54) is 12.0 Å². The highest BCUT2D eigenvalue weighted by Gasteiger charge is 2.58. The molecule has 1 heterocycles. The van der Waals surface area contributed by atoms with Gasteiger partial charge in [-0.2, -0.15) is 0 Å². The van der Waals surface area contributed by atoms with Crippen molar-refractivity contribution in [1.29, 1.82) is 0 Å². The zero-order valence-electron chi connectivity index (χ0n) is 25.6. The van der Waals surface area contributed by atoms with Crippen molar-refractivity contribution < 1.29 is 19.4 Å². The number of anilines is 1. The average molecular weight is 581 g/mol. The molecule has 7 rings (SSSR count). The summed E-state index contributed by atoms with van der Waals surface area (Å²) in [6, 6.07) is 25.5. The first-order valence-electron chi connectivity index (χ1n) is 15.9. The van der Waals surface area contributed by atoms with Crippen LogP contribution in [0.2, 0.25) is 0 Å². The molecule has 6 heteroatoms. The summed E-state index contributed by atoms with van der Waals surface area (Å²) in [5, 5.41) is 9.78. The molecule has 43 heavy (non-hydrogen) atoms. The van der Waals surface area contributed by atoms with Crippen LogP contribution >= 0.6 is 0 Å². The number of rotatable bonds is 9. The molecule has 6 nitrogen and oxygen atoms in total. The molecular formula is C37H44N2O4. The highest BCUT2D eigenvalue weighted by Crippen LogP contribution is 2.62. The molecule has 4 atom stereocenters. The number of para-hydroxylation sites is 1. The lowest BCUT2D eigenvalue weighted by Gasteiger charge is -2.64. The van der Waals surface area contributed by atoms with Gasteiger partial charge in [0.15, 0.2) is 0 Å². The molecule has 2 bridgehead atoms. The quantitative estimate of drug-likeness (QED) is 0.281. The second-order valence-electron chi connectivity index (χ2n) is 13.4. The number of nitrogens with zero attached hydrogens (tertiary/aromatic N) is 2. The van der Waals surface area contributed by atoms with Crippen molar-refractivity contribution in [2.45, 2.75) is 71.4 Å². The molecule has 3 aliphatic carbocycles. The fraction of sp³-hybridized carbons (Fsp3) is 0.459. The van der Waals surface area contributed by atoms with E-state index >= 15 is 0 Å². The van der Waals surface area contributed by atoms with Gasteiger partial charge in [-0.05, 0) is 85.1 Å². The molecule has 3 saturated carbocycles. The van der Waals surface area contributed by atoms with E-state index < -0.39 is 5.97 Å². The average Bonchev–Trinajstić information content (AvgIpc) is 3.02. The minimum atomic E-state index is -1.01. The van der Waals surface area contributed by atoms with Crippen LogP contribution in [0.5, 0.6) is 11.5 Å². The Hall–Kier alpha value is -3.80. The number of amides is 1. The predicted molar refractivity (Wildman–Crippen MR) is 170 cm³/mol. The molecule has 1 N–H and O–H groups in total. The van der Waals surface area contributed by atoms with Crippen LogP contribution in [0.4, 0.5) is 5.69 Å². The summed E-state index contributed by atoms with van der Waals surface area (Å²) < 4.78 is 6.02. The van der Waals surface area contributed by atoms with E-state index in [9.17, 15) is 14.7 Å². The van der Waals surface area contributed by atoms with Crippen LogP contribution in [-0.2, 0) is 11.2 Å². The Bertz CT molecular complexity index is 1430. The molecule has 3 aromatic rings. The van der Waals surface area contributed by atoms with Crippen LogP contribution < -0.4 is 9.64 Å². The first-order valence-corrected chi connectivity index (χ1v) is 15.9. The molecular weight excluding hydrogens is 536 g/mol. The highest BCUT2D eigenvalue weighted by atomic mass is 16.5. The number of piperidine rings is 1. The molecule has 226 valence electrons. The summed E-state index contributed by atoms with van der Waals surface area (Å²) >= 11 is 0. The van der Waals surface area contributed by atoms with Gasteiger partial charge in [-0.25, -0.2) is 4.79 Å². The number of carboxylic acid groups (broad SMARTS) is 1. The molecule has 4 fully saturated rings. The van der Waals surface area contributed by atoms with Crippen molar-refractivity contribution in [2.75, 3.05) is 18.0 Å². The summed E-state index contributed by atoms with van der Waals surface area (Å²) in [5.41, 5.74) is 2.68. The van der Waals surface area contributed by atoms with Gasteiger partial charge >= 0.3 is 5.97 Å². The number of carbonyl (C=O) groups excluding carboxylic acids is 1. The number of carboxylic acids is 1. The van der Waals surface area contributed by atoms with E-state index in [1.54, 1.807) is 6.07 Å². The van der Waals surface area contributed by atoms with E-state index in [4.69, 9.17) is 4.74 Å². The van der Waals surface area contributed by atoms with Gasteiger partial charge in [0.05, 0.1) is 0 Å². The minimum Gasteiger partial charge on any atom is -0.478 e. The second-order valence-corrected chi connectivity index (χ2v) is 13.4. The van der Waals surface area contributed by atoms with Gasteiger partial charge in [-0.15, -0.1) is 0 Å². The summed E-state index contributed by atoms with van der Waals surface area (Å²) in [6.45, 7) is 8.85. The Morgan fingerprint density at radius 2 is 1.63 bits per heavy atom. The van der Waals surface area contributed by atoms with Gasteiger partial charge in [0, 0.05) is 43.3 Å². The van der Waals surface area contributed by atoms with E-state index in [-0.39, 0.29) is 11.6 Å². The Morgan fingerprint density at radius 3 is 2.26 bits per heavy atom. The van der Waals surface area contributed by atoms with Crippen LogP contribution in [0.3, 0.4) is 0 Å². The minimum absolute atomic E-state index is 0.144. The van der Waals surface area contributed by atoms with Crippen LogP contribution in [0, 0.1) is 23.2 Å². The van der Waals surface area contributed by atoms with Gasteiger partial charge in [-0.3, -0.25) is 4.79 Å². The Balaban J connectivity index is 1.18. The second kappa shape index (κ2) is 12.1. The number of hydrogen-bond donors (Lipinski definition) is 1. The third kappa shape index (κ3) is 5.89. The van der Waals surface area contributed by atoms with Crippen LogP contribution in [0.25, 0.3) is 0 Å². The summed E-state index contributed by atoms with van der Waals surface area (Å²) in [6.07, 6.45) is 5.52. The molecule has 1 amide bonds. The zero-order valence-corrected chi connectivity index (χ0v) is 25.6. The maximum Gasteiger partial charge on any atom is 0.339 e. The van der Waals surface area contributed by atoms with E-state index in [0.29, 0.717) is 53.0 Å². The number of ether oxygens (including phenoxy) is 1. The van der Waals surface area contributed by atoms with Crippen LogP contribution in [-0.4, -0.2) is 47.1 Å². The summed E-state index contributed by atoms with van der Waals surface area (Å²) in [5.74, 6) is 2.10. The lowest BCUT2D eigenvalue weighted by Crippen LogP contribution is -2.64. The normalized spacial score (nSPS) is 24.6. The molecule has 3 aromatic carbocycles. The monoisotopic (exact) mass is 580 g/mol. The largest absolute Gasteiger partial charge is 0.478 e.